The average molecular weight is 576 g/mol. The molecule has 4 N–H and O–H groups in total. The van der Waals surface area contributed by atoms with Crippen LogP contribution in [0.4, 0.5) is 13.2 Å². The number of aliphatic hydroxyl groups is 2. The number of carbonyl (C=O) groups is 2. The fourth-order valence-corrected chi connectivity index (χ4v) is 5.04. The quantitative estimate of drug-likeness (QED) is 0.187. The molecule has 2 aliphatic rings. The van der Waals surface area contributed by atoms with E-state index in [1.54, 1.807) is 26.2 Å². The van der Waals surface area contributed by atoms with Gasteiger partial charge in [-0.1, -0.05) is 46.4 Å². The van der Waals surface area contributed by atoms with Gasteiger partial charge in [-0.05, 0) is 35.8 Å². The first-order chi connectivity index (χ1) is 17.8. The van der Waals surface area contributed by atoms with Crippen LogP contribution in [0.5, 0.6) is 0 Å². The highest BCUT2D eigenvalue weighted by molar-refractivity contribution is 8.05. The SMILES string of the molecule is C=C(C)S/C=C(N)/C=C(\C)[C@@H]1C[C@@H]2O[C@]2(C(F)(F)F)C/C=C/[C@H](C)[C@H](O)C(C)C(=O)C(C)(C)[C@@H](O)CC(=O)O1. The smallest absolute Gasteiger partial charge is 0.420 e. The Morgan fingerprint density at radius 1 is 1.23 bits per heavy atom. The van der Waals surface area contributed by atoms with Gasteiger partial charge in [-0.25, -0.2) is 0 Å². The van der Waals surface area contributed by atoms with Gasteiger partial charge in [0.05, 0.1) is 24.0 Å². The first kappa shape index (κ1) is 33.1. The predicted octanol–water partition coefficient (Wildman–Crippen LogP) is 4.94. The number of thioether (sulfide) groups is 1. The van der Waals surface area contributed by atoms with Crippen LogP contribution in [0.25, 0.3) is 0 Å². The summed E-state index contributed by atoms with van der Waals surface area (Å²) in [5.74, 6) is -2.99. The molecule has 1 fully saturated rings. The van der Waals surface area contributed by atoms with Gasteiger partial charge in [-0.2, -0.15) is 13.2 Å². The van der Waals surface area contributed by atoms with Crippen LogP contribution in [0, 0.1) is 17.3 Å². The first-order valence-electron chi connectivity index (χ1n) is 12.8. The van der Waals surface area contributed by atoms with Crippen molar-refractivity contribution in [3.05, 3.63) is 46.4 Å². The molecule has 0 aromatic rings. The minimum atomic E-state index is -4.71. The van der Waals surface area contributed by atoms with E-state index in [2.05, 4.69) is 6.58 Å². The van der Waals surface area contributed by atoms with E-state index in [0.29, 0.717) is 11.3 Å². The predicted molar refractivity (Wildman–Crippen MR) is 144 cm³/mol. The monoisotopic (exact) mass is 575 g/mol. The summed E-state index contributed by atoms with van der Waals surface area (Å²) in [7, 11) is 0. The number of allylic oxidation sites excluding steroid dienone is 2. The summed E-state index contributed by atoms with van der Waals surface area (Å²) < 4.78 is 53.2. The van der Waals surface area contributed by atoms with Crippen molar-refractivity contribution in [2.45, 2.75) is 97.0 Å². The minimum absolute atomic E-state index is 0.290. The Labute approximate surface area is 232 Å². The van der Waals surface area contributed by atoms with Crippen molar-refractivity contribution >= 4 is 23.5 Å². The Hall–Kier alpha value is -2.08. The van der Waals surface area contributed by atoms with Gasteiger partial charge >= 0.3 is 12.1 Å². The number of Topliss-reactive ketones (excluding diaryl/α,β-unsaturated/α-hetero) is 1. The number of esters is 1. The highest BCUT2D eigenvalue weighted by Gasteiger charge is 2.72. The number of rotatable bonds is 4. The number of fused-ring (bicyclic) bond motifs is 1. The molecule has 0 spiro atoms. The summed E-state index contributed by atoms with van der Waals surface area (Å²) in [5.41, 5.74) is 2.82. The highest BCUT2D eigenvalue weighted by atomic mass is 32.2. The van der Waals surface area contributed by atoms with Crippen molar-refractivity contribution in [2.24, 2.45) is 23.0 Å². The number of epoxide rings is 1. The summed E-state index contributed by atoms with van der Waals surface area (Å²) >= 11 is 1.27. The lowest BCUT2D eigenvalue weighted by Gasteiger charge is -2.34. The van der Waals surface area contributed by atoms with Gasteiger partial charge in [0.2, 0.25) is 0 Å². The molecule has 0 amide bonds. The van der Waals surface area contributed by atoms with Crippen molar-refractivity contribution in [3.8, 4) is 0 Å². The maximum absolute atomic E-state index is 14.1. The van der Waals surface area contributed by atoms with Crippen molar-refractivity contribution in [1.82, 2.24) is 0 Å². The molecule has 39 heavy (non-hydrogen) atoms. The Bertz CT molecular complexity index is 1040. The summed E-state index contributed by atoms with van der Waals surface area (Å²) in [6, 6.07) is 0. The summed E-state index contributed by atoms with van der Waals surface area (Å²) in [5, 5.41) is 23.1. The van der Waals surface area contributed by atoms with Crippen LogP contribution in [0.3, 0.4) is 0 Å². The second-order valence-electron chi connectivity index (χ2n) is 11.1. The van der Waals surface area contributed by atoms with Crippen LogP contribution in [0.1, 0.15) is 60.8 Å². The lowest BCUT2D eigenvalue weighted by molar-refractivity contribution is -0.183. The van der Waals surface area contributed by atoms with Crippen molar-refractivity contribution in [2.75, 3.05) is 0 Å². The molecular formula is C28H40F3NO6S. The normalized spacial score (nSPS) is 36.1. The van der Waals surface area contributed by atoms with E-state index in [4.69, 9.17) is 15.2 Å². The molecule has 11 heteroatoms. The molecule has 2 heterocycles. The number of ether oxygens (including phenoxy) is 2. The fraction of sp³-hybridized carbons (Fsp3) is 0.643. The van der Waals surface area contributed by atoms with E-state index >= 15 is 0 Å². The van der Waals surface area contributed by atoms with Crippen LogP contribution in [-0.4, -0.2) is 58.2 Å². The number of cyclic esters (lactones) is 1. The molecule has 0 aliphatic carbocycles. The fourth-order valence-electron chi connectivity index (χ4n) is 4.64. The zero-order valence-corrected chi connectivity index (χ0v) is 24.1. The maximum atomic E-state index is 14.1. The molecule has 0 aromatic heterocycles. The summed E-state index contributed by atoms with van der Waals surface area (Å²) in [4.78, 5) is 26.8. The molecule has 0 radical (unpaired) electrons. The van der Waals surface area contributed by atoms with Crippen LogP contribution >= 0.6 is 11.8 Å². The minimum Gasteiger partial charge on any atom is -0.458 e. The van der Waals surface area contributed by atoms with Crippen LogP contribution in [-0.2, 0) is 19.1 Å². The number of hydrogen-bond donors (Lipinski definition) is 3. The third kappa shape index (κ3) is 7.99. The summed E-state index contributed by atoms with van der Waals surface area (Å²) in [6.45, 7) is 13.1. The average Bonchev–Trinajstić information content (AvgIpc) is 3.53. The molecule has 2 rings (SSSR count). The van der Waals surface area contributed by atoms with E-state index in [9.17, 15) is 33.0 Å². The molecule has 7 nitrogen and oxygen atoms in total. The number of alkyl halides is 3. The van der Waals surface area contributed by atoms with E-state index in [0.717, 1.165) is 4.91 Å². The number of aliphatic hydroxyl groups excluding tert-OH is 2. The maximum Gasteiger partial charge on any atom is 0.420 e. The zero-order chi connectivity index (χ0) is 29.9. The molecule has 0 aromatic carbocycles. The van der Waals surface area contributed by atoms with Gasteiger partial charge in [-0.15, -0.1) is 11.8 Å². The molecule has 220 valence electrons. The summed E-state index contributed by atoms with van der Waals surface area (Å²) in [6.07, 6.45) is -6.96. The van der Waals surface area contributed by atoms with Crippen molar-refractivity contribution in [3.63, 3.8) is 0 Å². The largest absolute Gasteiger partial charge is 0.458 e. The lowest BCUT2D eigenvalue weighted by atomic mass is 9.73. The number of hydrogen-bond acceptors (Lipinski definition) is 8. The molecule has 7 atom stereocenters. The van der Waals surface area contributed by atoms with Gasteiger partial charge in [0.1, 0.15) is 18.0 Å². The van der Waals surface area contributed by atoms with Crippen LogP contribution < -0.4 is 5.73 Å². The van der Waals surface area contributed by atoms with Crippen molar-refractivity contribution < 1.29 is 42.4 Å². The Morgan fingerprint density at radius 2 is 1.85 bits per heavy atom. The van der Waals surface area contributed by atoms with Gasteiger partial charge in [0.15, 0.2) is 5.60 Å². The van der Waals surface area contributed by atoms with E-state index < -0.39 is 78.0 Å². The van der Waals surface area contributed by atoms with Gasteiger partial charge in [-0.3, -0.25) is 9.59 Å². The zero-order valence-electron chi connectivity index (χ0n) is 23.2. The Kier molecular flexibility index (Phi) is 10.7. The van der Waals surface area contributed by atoms with Crippen LogP contribution in [0.15, 0.2) is 46.4 Å². The number of carbonyl (C=O) groups excluding carboxylic acids is 2. The molecule has 0 bridgehead atoms. The molecule has 1 saturated heterocycles. The van der Waals surface area contributed by atoms with E-state index in [1.165, 1.54) is 50.8 Å². The van der Waals surface area contributed by atoms with Gasteiger partial charge in [0, 0.05) is 30.4 Å². The molecule has 1 unspecified atom stereocenters. The molecule has 0 saturated carbocycles. The second-order valence-corrected chi connectivity index (χ2v) is 12.3. The van der Waals surface area contributed by atoms with Gasteiger partial charge in [0.25, 0.3) is 0 Å². The van der Waals surface area contributed by atoms with Gasteiger partial charge < -0.3 is 25.4 Å². The number of ketones is 1. The number of nitrogens with two attached hydrogens (primary N) is 1. The number of halogens is 3. The highest BCUT2D eigenvalue weighted by Crippen LogP contribution is 2.54. The third-order valence-electron chi connectivity index (χ3n) is 7.45. The molecule has 2 aliphatic heterocycles. The Balaban J connectivity index is 2.49. The van der Waals surface area contributed by atoms with Crippen LogP contribution in [0.2, 0.25) is 0 Å². The molecular weight excluding hydrogens is 535 g/mol. The second kappa shape index (κ2) is 12.6. The lowest BCUT2D eigenvalue weighted by Crippen LogP contribution is -2.45. The standard InChI is InChI=1S/C28H40F3NO6S/c1-15(2)39-14-19(32)11-17(4)20-12-22-27(38-22,28(29,30)31)10-8-9-16(3)24(35)18(5)25(36)26(6,7)21(33)13-23(34)37-20/h8-9,11,14,16,18,20-22,24,33,35H,1,10,12-13,32H2,2-7H3/b9-8+,17-11+,19-14-/t16-,18?,20-,21-,22-,24-,27+/m0/s1. The Morgan fingerprint density at radius 3 is 2.41 bits per heavy atom. The van der Waals surface area contributed by atoms with E-state index in [-0.39, 0.29) is 6.42 Å². The first-order valence-corrected chi connectivity index (χ1v) is 13.7. The van der Waals surface area contributed by atoms with E-state index in [1.807, 2.05) is 0 Å². The van der Waals surface area contributed by atoms with Crippen molar-refractivity contribution in [1.29, 1.82) is 0 Å². The third-order valence-corrected chi connectivity index (χ3v) is 8.24. The topological polar surface area (TPSA) is 122 Å².